The van der Waals surface area contributed by atoms with E-state index in [4.69, 9.17) is 4.42 Å². The zero-order valence-electron chi connectivity index (χ0n) is 11.4. The van der Waals surface area contributed by atoms with Gasteiger partial charge in [-0.3, -0.25) is 0 Å². The van der Waals surface area contributed by atoms with Gasteiger partial charge < -0.3 is 9.73 Å². The third-order valence-corrected chi connectivity index (χ3v) is 4.45. The Labute approximate surface area is 127 Å². The van der Waals surface area contributed by atoms with Gasteiger partial charge in [0, 0.05) is 3.57 Å². The Morgan fingerprint density at radius 2 is 2.11 bits per heavy atom. The molecule has 5 heteroatoms. The molecule has 0 bridgehead atoms. The molecule has 1 aromatic carbocycles. The summed E-state index contributed by atoms with van der Waals surface area (Å²) in [5.41, 5.74) is 2.22. The van der Waals surface area contributed by atoms with E-state index in [1.807, 2.05) is 12.1 Å². The molecular formula is C14H18IN3O. The Bertz CT molecular complexity index is 553. The van der Waals surface area contributed by atoms with Crippen LogP contribution >= 0.6 is 22.6 Å². The van der Waals surface area contributed by atoms with Gasteiger partial charge in [-0.2, -0.15) is 0 Å². The lowest BCUT2D eigenvalue weighted by Gasteiger charge is -2.10. The third kappa shape index (κ3) is 3.14. The van der Waals surface area contributed by atoms with E-state index in [1.165, 1.54) is 5.56 Å². The van der Waals surface area contributed by atoms with Crippen LogP contribution in [-0.2, 0) is 0 Å². The van der Waals surface area contributed by atoms with E-state index in [0.29, 0.717) is 11.8 Å². The topological polar surface area (TPSA) is 51.0 Å². The van der Waals surface area contributed by atoms with Crippen molar-refractivity contribution in [2.45, 2.75) is 33.2 Å². The largest absolute Gasteiger partial charge is 0.419 e. The number of hydrogen-bond donors (Lipinski definition) is 1. The summed E-state index contributed by atoms with van der Waals surface area (Å²) in [6.07, 6.45) is 0.931. The number of aryl methyl sites for hydroxylation is 1. The SMILES string of the molecule is CCNC(CC)c1nnc(-c2cccc(C)c2I)o1. The Kier molecular flexibility index (Phi) is 4.93. The minimum Gasteiger partial charge on any atom is -0.419 e. The molecule has 1 heterocycles. The smallest absolute Gasteiger partial charge is 0.248 e. The molecule has 19 heavy (non-hydrogen) atoms. The zero-order valence-corrected chi connectivity index (χ0v) is 13.6. The molecule has 0 radical (unpaired) electrons. The third-order valence-electron chi connectivity index (χ3n) is 3.02. The van der Waals surface area contributed by atoms with E-state index in [0.717, 1.165) is 22.1 Å². The maximum atomic E-state index is 5.82. The van der Waals surface area contributed by atoms with E-state index in [2.05, 4.69) is 64.9 Å². The van der Waals surface area contributed by atoms with Crippen LogP contribution in [-0.4, -0.2) is 16.7 Å². The highest BCUT2D eigenvalue weighted by Gasteiger charge is 2.18. The Balaban J connectivity index is 2.32. The number of halogens is 1. The fraction of sp³-hybridized carbons (Fsp3) is 0.429. The molecule has 4 nitrogen and oxygen atoms in total. The van der Waals surface area contributed by atoms with Crippen LogP contribution in [0.1, 0.15) is 37.8 Å². The standard InChI is InChI=1S/C14H18IN3O/c1-4-11(16-5-2)14-18-17-13(19-14)10-8-6-7-9(3)12(10)15/h6-8,11,16H,4-5H2,1-3H3. The lowest BCUT2D eigenvalue weighted by molar-refractivity contribution is 0.402. The number of nitrogens with one attached hydrogen (secondary N) is 1. The van der Waals surface area contributed by atoms with Crippen molar-refractivity contribution in [3.8, 4) is 11.5 Å². The van der Waals surface area contributed by atoms with Crippen LogP contribution in [0.3, 0.4) is 0 Å². The molecule has 1 atom stereocenters. The van der Waals surface area contributed by atoms with Crippen LogP contribution in [0.2, 0.25) is 0 Å². The molecule has 102 valence electrons. The highest BCUT2D eigenvalue weighted by Crippen LogP contribution is 2.28. The Hall–Kier alpha value is -0.950. The van der Waals surface area contributed by atoms with Gasteiger partial charge in [-0.05, 0) is 54.1 Å². The molecule has 0 aliphatic carbocycles. The summed E-state index contributed by atoms with van der Waals surface area (Å²) < 4.78 is 6.98. The second-order valence-corrected chi connectivity index (χ2v) is 5.48. The molecule has 0 saturated heterocycles. The molecular weight excluding hydrogens is 353 g/mol. The molecule has 2 rings (SSSR count). The molecule has 1 N–H and O–H groups in total. The van der Waals surface area contributed by atoms with E-state index in [-0.39, 0.29) is 6.04 Å². The summed E-state index contributed by atoms with van der Waals surface area (Å²) in [6, 6.07) is 6.24. The van der Waals surface area contributed by atoms with Crippen molar-refractivity contribution in [2.24, 2.45) is 0 Å². The minimum absolute atomic E-state index is 0.133. The Morgan fingerprint density at radius 3 is 2.79 bits per heavy atom. The summed E-state index contributed by atoms with van der Waals surface area (Å²) in [5.74, 6) is 1.26. The maximum absolute atomic E-state index is 5.82. The molecule has 0 amide bonds. The number of hydrogen-bond acceptors (Lipinski definition) is 4. The molecule has 0 spiro atoms. The van der Waals surface area contributed by atoms with Crippen molar-refractivity contribution in [3.63, 3.8) is 0 Å². The first-order valence-electron chi connectivity index (χ1n) is 6.49. The first-order valence-corrected chi connectivity index (χ1v) is 7.57. The van der Waals surface area contributed by atoms with E-state index < -0.39 is 0 Å². The molecule has 0 saturated carbocycles. The van der Waals surface area contributed by atoms with Crippen molar-refractivity contribution in [2.75, 3.05) is 6.54 Å². The molecule has 2 aromatic rings. The van der Waals surface area contributed by atoms with Crippen LogP contribution < -0.4 is 5.32 Å². The van der Waals surface area contributed by atoms with Crippen molar-refractivity contribution in [1.29, 1.82) is 0 Å². The fourth-order valence-electron chi connectivity index (χ4n) is 1.95. The van der Waals surface area contributed by atoms with Gasteiger partial charge in [0.25, 0.3) is 0 Å². The van der Waals surface area contributed by atoms with Crippen molar-refractivity contribution >= 4 is 22.6 Å². The Morgan fingerprint density at radius 1 is 1.32 bits per heavy atom. The average Bonchev–Trinajstić information content (AvgIpc) is 2.88. The van der Waals surface area contributed by atoms with Gasteiger partial charge in [0.05, 0.1) is 11.6 Å². The second-order valence-electron chi connectivity index (χ2n) is 4.40. The van der Waals surface area contributed by atoms with Gasteiger partial charge in [0.15, 0.2) is 0 Å². The molecule has 0 aliphatic rings. The van der Waals surface area contributed by atoms with Crippen LogP contribution in [0.25, 0.3) is 11.5 Å². The first kappa shape index (κ1) is 14.5. The van der Waals surface area contributed by atoms with E-state index >= 15 is 0 Å². The quantitative estimate of drug-likeness (QED) is 0.815. The summed E-state index contributed by atoms with van der Waals surface area (Å²) in [5, 5.41) is 11.7. The molecule has 0 fully saturated rings. The van der Waals surface area contributed by atoms with Crippen molar-refractivity contribution in [3.05, 3.63) is 33.2 Å². The predicted octanol–water partition coefficient (Wildman–Crippen LogP) is 3.71. The van der Waals surface area contributed by atoms with Gasteiger partial charge in [-0.1, -0.05) is 26.0 Å². The number of benzene rings is 1. The van der Waals surface area contributed by atoms with Crippen LogP contribution in [0, 0.1) is 10.5 Å². The zero-order chi connectivity index (χ0) is 13.8. The molecule has 0 aliphatic heterocycles. The van der Waals surface area contributed by atoms with Gasteiger partial charge >= 0.3 is 0 Å². The monoisotopic (exact) mass is 371 g/mol. The summed E-state index contributed by atoms with van der Waals surface area (Å²) in [7, 11) is 0. The van der Waals surface area contributed by atoms with Crippen molar-refractivity contribution in [1.82, 2.24) is 15.5 Å². The first-order chi connectivity index (χ1) is 9.17. The minimum atomic E-state index is 0.133. The summed E-state index contributed by atoms with van der Waals surface area (Å²) >= 11 is 2.32. The predicted molar refractivity (Wildman–Crippen MR) is 83.9 cm³/mol. The van der Waals surface area contributed by atoms with E-state index in [9.17, 15) is 0 Å². The van der Waals surface area contributed by atoms with Gasteiger partial charge in [-0.25, -0.2) is 0 Å². The van der Waals surface area contributed by atoms with Crippen LogP contribution in [0.4, 0.5) is 0 Å². The summed E-state index contributed by atoms with van der Waals surface area (Å²) in [4.78, 5) is 0. The van der Waals surface area contributed by atoms with E-state index in [1.54, 1.807) is 0 Å². The fourth-order valence-corrected chi connectivity index (χ4v) is 2.54. The normalized spacial score (nSPS) is 12.6. The number of rotatable bonds is 5. The number of aromatic nitrogens is 2. The lowest BCUT2D eigenvalue weighted by Crippen LogP contribution is -2.20. The van der Waals surface area contributed by atoms with Crippen molar-refractivity contribution < 1.29 is 4.42 Å². The molecule has 1 unspecified atom stereocenters. The second kappa shape index (κ2) is 6.47. The van der Waals surface area contributed by atoms with Gasteiger partial charge in [0.1, 0.15) is 0 Å². The van der Waals surface area contributed by atoms with Crippen LogP contribution in [0.5, 0.6) is 0 Å². The van der Waals surface area contributed by atoms with Gasteiger partial charge in [-0.15, -0.1) is 10.2 Å². The highest BCUT2D eigenvalue weighted by atomic mass is 127. The van der Waals surface area contributed by atoms with Gasteiger partial charge in [0.2, 0.25) is 11.8 Å². The number of nitrogens with zero attached hydrogens (tertiary/aromatic N) is 2. The maximum Gasteiger partial charge on any atom is 0.248 e. The highest BCUT2D eigenvalue weighted by molar-refractivity contribution is 14.1. The summed E-state index contributed by atoms with van der Waals surface area (Å²) in [6.45, 7) is 7.14. The molecule has 1 aromatic heterocycles. The average molecular weight is 371 g/mol. The lowest BCUT2D eigenvalue weighted by atomic mass is 10.1. The van der Waals surface area contributed by atoms with Crippen LogP contribution in [0.15, 0.2) is 22.6 Å².